The summed E-state index contributed by atoms with van der Waals surface area (Å²) in [6.45, 7) is 4.14. The molecule has 0 saturated carbocycles. The molecule has 0 aliphatic carbocycles. The molecule has 0 aromatic rings. The second-order valence-corrected chi connectivity index (χ2v) is 7.55. The molecule has 0 bridgehead atoms. The van der Waals surface area contributed by atoms with Gasteiger partial charge < -0.3 is 33.2 Å². The van der Waals surface area contributed by atoms with Crippen LogP contribution in [0.4, 0.5) is 4.39 Å². The van der Waals surface area contributed by atoms with E-state index in [0.29, 0.717) is 0 Å². The molecular formula is C21H28FNO12. The molecule has 0 N–H and O–H groups in total. The van der Waals surface area contributed by atoms with Crippen molar-refractivity contribution >= 4 is 29.8 Å². The number of ether oxygens (including phenoxy) is 7. The summed E-state index contributed by atoms with van der Waals surface area (Å²) >= 11 is 0. The molecule has 13 nitrogen and oxygen atoms in total. The highest BCUT2D eigenvalue weighted by molar-refractivity contribution is 5.82. The zero-order valence-corrected chi connectivity index (χ0v) is 20.1. The van der Waals surface area contributed by atoms with Crippen molar-refractivity contribution in [2.24, 2.45) is 5.92 Å². The number of nitriles is 1. The van der Waals surface area contributed by atoms with E-state index in [1.54, 1.807) is 6.07 Å². The fraction of sp³-hybridized carbons (Fsp3) is 0.714. The van der Waals surface area contributed by atoms with Crippen LogP contribution in [0.15, 0.2) is 0 Å². The van der Waals surface area contributed by atoms with Gasteiger partial charge in [-0.05, 0) is 0 Å². The maximum Gasteiger partial charge on any atom is 0.383 e. The van der Waals surface area contributed by atoms with Gasteiger partial charge in [0, 0.05) is 33.6 Å². The number of carbonyl (C=O) groups excluding carboxylic acids is 5. The van der Waals surface area contributed by atoms with E-state index in [9.17, 15) is 24.0 Å². The second-order valence-electron chi connectivity index (χ2n) is 7.55. The molecule has 1 fully saturated rings. The number of methoxy groups -OCH3 is 1. The number of rotatable bonds is 10. The normalized spacial score (nSPS) is 27.4. The van der Waals surface area contributed by atoms with Crippen LogP contribution in [0.3, 0.4) is 0 Å². The molecule has 0 aromatic heterocycles. The Kier molecular flexibility index (Phi) is 11.0. The van der Waals surface area contributed by atoms with Gasteiger partial charge in [0.05, 0.1) is 13.2 Å². The second kappa shape index (κ2) is 13.0. The topological polar surface area (TPSA) is 174 Å². The summed E-state index contributed by atoms with van der Waals surface area (Å²) in [5.74, 6) is -9.26. The molecule has 35 heavy (non-hydrogen) atoms. The van der Waals surface area contributed by atoms with Gasteiger partial charge in [0.25, 0.3) is 0 Å². The number of carbonyl (C=O) groups is 5. The summed E-state index contributed by atoms with van der Waals surface area (Å²) in [6, 6.07) is 1.66. The van der Waals surface area contributed by atoms with E-state index in [2.05, 4.69) is 4.74 Å². The van der Waals surface area contributed by atoms with Crippen molar-refractivity contribution in [3.05, 3.63) is 0 Å². The maximum absolute atomic E-state index is 15.7. The number of esters is 5. The molecule has 1 heterocycles. The third-order valence-electron chi connectivity index (χ3n) is 4.87. The molecule has 7 unspecified atom stereocenters. The predicted octanol–water partition coefficient (Wildman–Crippen LogP) is 0.127. The van der Waals surface area contributed by atoms with Crippen molar-refractivity contribution in [3.8, 4) is 6.07 Å². The smallest absolute Gasteiger partial charge is 0.383 e. The van der Waals surface area contributed by atoms with Crippen LogP contribution < -0.4 is 0 Å². The van der Waals surface area contributed by atoms with Gasteiger partial charge >= 0.3 is 35.6 Å². The van der Waals surface area contributed by atoms with Crippen LogP contribution in [-0.4, -0.2) is 86.5 Å². The van der Waals surface area contributed by atoms with Gasteiger partial charge in [0.1, 0.15) is 25.4 Å². The lowest BCUT2D eigenvalue weighted by atomic mass is 9.83. The Labute approximate surface area is 200 Å². The third-order valence-corrected chi connectivity index (χ3v) is 4.87. The van der Waals surface area contributed by atoms with Gasteiger partial charge in [-0.2, -0.15) is 5.26 Å². The van der Waals surface area contributed by atoms with Crippen LogP contribution in [0, 0.1) is 17.2 Å². The lowest BCUT2D eigenvalue weighted by Crippen LogP contribution is -2.69. The van der Waals surface area contributed by atoms with Crippen molar-refractivity contribution in [3.63, 3.8) is 0 Å². The van der Waals surface area contributed by atoms with Gasteiger partial charge in [-0.3, -0.25) is 19.2 Å². The average Bonchev–Trinajstić information content (AvgIpc) is 2.75. The number of hydrogen-bond acceptors (Lipinski definition) is 13. The highest BCUT2D eigenvalue weighted by Gasteiger charge is 2.65. The molecule has 14 heteroatoms. The van der Waals surface area contributed by atoms with Crippen molar-refractivity contribution in [2.75, 3.05) is 20.3 Å². The molecule has 1 rings (SSSR count). The Morgan fingerprint density at radius 1 is 1.03 bits per heavy atom. The van der Waals surface area contributed by atoms with Crippen LogP contribution in [0.2, 0.25) is 0 Å². The standard InChI is InChI=1S/C21H28FNO12/c1-10-16(18(33-13(4)26)15(32-12(3)25)9-31-11(2)24)35-21(20(28)29-6,34-14(5)27)19(22)17(10)30-8-7-23/h10,15-19H,8-9H2,1-6H3. The Bertz CT molecular complexity index is 858. The molecule has 0 aromatic carbocycles. The van der Waals surface area contributed by atoms with E-state index in [4.69, 9.17) is 33.7 Å². The van der Waals surface area contributed by atoms with Crippen LogP contribution in [-0.2, 0) is 57.1 Å². The molecule has 196 valence electrons. The fourth-order valence-electron chi connectivity index (χ4n) is 3.57. The molecule has 1 saturated heterocycles. The SMILES string of the molecule is COC(=O)C1(OC(C)=O)OC(C(OC(C)=O)C(COC(C)=O)OC(C)=O)C(C)C(OCC#N)C1F. The maximum atomic E-state index is 15.7. The number of halogens is 1. The van der Waals surface area contributed by atoms with E-state index < -0.39 is 85.4 Å². The van der Waals surface area contributed by atoms with Gasteiger partial charge in [0.2, 0.25) is 6.17 Å². The molecule has 1 aliphatic heterocycles. The number of nitrogens with zero attached hydrogens (tertiary/aromatic N) is 1. The minimum absolute atomic E-state index is 0.610. The molecule has 0 spiro atoms. The van der Waals surface area contributed by atoms with Crippen molar-refractivity contribution in [1.82, 2.24) is 0 Å². The van der Waals surface area contributed by atoms with E-state index in [-0.39, 0.29) is 0 Å². The van der Waals surface area contributed by atoms with Crippen LogP contribution in [0.25, 0.3) is 0 Å². The van der Waals surface area contributed by atoms with E-state index >= 15 is 4.39 Å². The first-order chi connectivity index (χ1) is 16.3. The van der Waals surface area contributed by atoms with Crippen molar-refractivity contribution < 1.29 is 61.5 Å². The van der Waals surface area contributed by atoms with E-state index in [1.165, 1.54) is 6.92 Å². The monoisotopic (exact) mass is 505 g/mol. The summed E-state index contributed by atoms with van der Waals surface area (Å²) < 4.78 is 51.5. The highest BCUT2D eigenvalue weighted by Crippen LogP contribution is 2.41. The summed E-state index contributed by atoms with van der Waals surface area (Å²) in [5, 5.41) is 8.92. The quantitative estimate of drug-likeness (QED) is 0.290. The fourth-order valence-corrected chi connectivity index (χ4v) is 3.57. The van der Waals surface area contributed by atoms with Gasteiger partial charge in [-0.1, -0.05) is 6.92 Å². The molecule has 7 atom stereocenters. The molecule has 1 aliphatic rings. The Morgan fingerprint density at radius 2 is 1.63 bits per heavy atom. The lowest BCUT2D eigenvalue weighted by molar-refractivity contribution is -0.335. The van der Waals surface area contributed by atoms with Crippen molar-refractivity contribution in [1.29, 1.82) is 5.26 Å². The van der Waals surface area contributed by atoms with E-state index in [1.807, 2.05) is 0 Å². The van der Waals surface area contributed by atoms with E-state index in [0.717, 1.165) is 34.8 Å². The van der Waals surface area contributed by atoms with Crippen molar-refractivity contribution in [2.45, 2.75) is 71.0 Å². The largest absolute Gasteiger partial charge is 0.464 e. The van der Waals surface area contributed by atoms with Crippen LogP contribution >= 0.6 is 0 Å². The Hall–Kier alpha value is -3.31. The summed E-state index contributed by atoms with van der Waals surface area (Å²) in [4.78, 5) is 59.5. The first-order valence-electron chi connectivity index (χ1n) is 10.4. The van der Waals surface area contributed by atoms with Gasteiger partial charge in [-0.15, -0.1) is 0 Å². The minimum atomic E-state index is -3.03. The third kappa shape index (κ3) is 7.59. The first-order valence-corrected chi connectivity index (χ1v) is 10.4. The first kappa shape index (κ1) is 29.7. The predicted molar refractivity (Wildman–Crippen MR) is 109 cm³/mol. The van der Waals surface area contributed by atoms with Gasteiger partial charge in [0.15, 0.2) is 12.2 Å². The Morgan fingerprint density at radius 3 is 2.09 bits per heavy atom. The zero-order valence-electron chi connectivity index (χ0n) is 20.1. The summed E-state index contributed by atoms with van der Waals surface area (Å²) in [6.07, 6.45) is -8.79. The Balaban J connectivity index is 3.69. The van der Waals surface area contributed by atoms with Crippen LogP contribution in [0.1, 0.15) is 34.6 Å². The van der Waals surface area contributed by atoms with Gasteiger partial charge in [-0.25, -0.2) is 9.18 Å². The molecular weight excluding hydrogens is 477 g/mol. The minimum Gasteiger partial charge on any atom is -0.464 e. The highest BCUT2D eigenvalue weighted by atomic mass is 19.1. The summed E-state index contributed by atoms with van der Waals surface area (Å²) in [5.41, 5.74) is 0. The number of hydrogen-bond donors (Lipinski definition) is 0. The summed E-state index contributed by atoms with van der Waals surface area (Å²) in [7, 11) is 0.883. The lowest BCUT2D eigenvalue weighted by Gasteiger charge is -2.48. The zero-order chi connectivity index (χ0) is 26.9. The molecule has 0 radical (unpaired) electrons. The number of alkyl halides is 1. The average molecular weight is 505 g/mol. The molecule has 0 amide bonds. The van der Waals surface area contributed by atoms with Crippen LogP contribution in [0.5, 0.6) is 0 Å².